The lowest BCUT2D eigenvalue weighted by molar-refractivity contribution is -0.127. The summed E-state index contributed by atoms with van der Waals surface area (Å²) in [6.07, 6.45) is 0.0755. The second-order valence-corrected chi connectivity index (χ2v) is 5.36. The van der Waals surface area contributed by atoms with Crippen LogP contribution in [-0.4, -0.2) is 18.6 Å². The fourth-order valence-electron chi connectivity index (χ4n) is 1.66. The molecule has 0 saturated heterocycles. The van der Waals surface area contributed by atoms with E-state index in [0.717, 1.165) is 15.8 Å². The lowest BCUT2D eigenvalue weighted by Gasteiger charge is -2.10. The van der Waals surface area contributed by atoms with E-state index in [1.54, 1.807) is 12.1 Å². The van der Waals surface area contributed by atoms with Crippen LogP contribution in [0.25, 0.3) is 0 Å². The molecule has 1 aliphatic rings. The zero-order valence-electron chi connectivity index (χ0n) is 9.00. The zero-order valence-corrected chi connectivity index (χ0v) is 11.3. The molecular formula is C12H11BrClNO2. The molecule has 1 atom stereocenters. The fourth-order valence-corrected chi connectivity index (χ4v) is 2.00. The van der Waals surface area contributed by atoms with Crippen LogP contribution in [0.3, 0.4) is 0 Å². The summed E-state index contributed by atoms with van der Waals surface area (Å²) in [5.41, 5.74) is 0.968. The molecule has 1 N–H and O–H groups in total. The zero-order chi connectivity index (χ0) is 12.4. The Morgan fingerprint density at radius 3 is 3.12 bits per heavy atom. The van der Waals surface area contributed by atoms with Gasteiger partial charge >= 0.3 is 0 Å². The first-order chi connectivity index (χ1) is 8.06. The van der Waals surface area contributed by atoms with Gasteiger partial charge in [0, 0.05) is 22.5 Å². The molecule has 0 spiro atoms. The van der Waals surface area contributed by atoms with Crippen LogP contribution in [0.5, 0.6) is 5.75 Å². The van der Waals surface area contributed by atoms with Crippen LogP contribution in [0.4, 0.5) is 0 Å². The Morgan fingerprint density at radius 2 is 2.41 bits per heavy atom. The van der Waals surface area contributed by atoms with Gasteiger partial charge in [0.25, 0.3) is 5.91 Å². The highest BCUT2D eigenvalue weighted by Gasteiger charge is 2.28. The first-order valence-corrected chi connectivity index (χ1v) is 6.29. The van der Waals surface area contributed by atoms with E-state index in [4.69, 9.17) is 16.3 Å². The number of hydrogen-bond donors (Lipinski definition) is 1. The van der Waals surface area contributed by atoms with Crippen LogP contribution < -0.4 is 10.1 Å². The normalized spacial score (nSPS) is 17.2. The van der Waals surface area contributed by atoms with Crippen molar-refractivity contribution in [3.63, 3.8) is 0 Å². The average molecular weight is 317 g/mol. The number of carbonyl (C=O) groups excluding carboxylic acids is 1. The highest BCUT2D eigenvalue weighted by atomic mass is 79.9. The Kier molecular flexibility index (Phi) is 3.74. The predicted molar refractivity (Wildman–Crippen MR) is 70.6 cm³/mol. The summed E-state index contributed by atoms with van der Waals surface area (Å²) in [5.74, 6) is 0.588. The van der Waals surface area contributed by atoms with Crippen molar-refractivity contribution in [1.29, 1.82) is 0 Å². The molecule has 0 aromatic heterocycles. The number of carbonyl (C=O) groups is 1. The van der Waals surface area contributed by atoms with Crippen LogP contribution in [-0.2, 0) is 11.2 Å². The second-order valence-electron chi connectivity index (χ2n) is 3.80. The Balaban J connectivity index is 2.00. The molecular weight excluding hydrogens is 305 g/mol. The molecule has 0 bridgehead atoms. The van der Waals surface area contributed by atoms with Gasteiger partial charge in [-0.25, -0.2) is 0 Å². The van der Waals surface area contributed by atoms with Crippen LogP contribution >= 0.6 is 27.5 Å². The van der Waals surface area contributed by atoms with E-state index in [2.05, 4.69) is 27.8 Å². The highest BCUT2D eigenvalue weighted by molar-refractivity contribution is 9.11. The molecule has 1 aliphatic heterocycles. The summed E-state index contributed by atoms with van der Waals surface area (Å²) >= 11 is 9.06. The number of amides is 1. The first-order valence-electron chi connectivity index (χ1n) is 5.12. The summed E-state index contributed by atoms with van der Waals surface area (Å²) < 4.78 is 6.27. The molecule has 5 heteroatoms. The number of ether oxygens (including phenoxy) is 1. The monoisotopic (exact) mass is 315 g/mol. The summed E-state index contributed by atoms with van der Waals surface area (Å²) in [5, 5.41) is 3.39. The molecule has 1 heterocycles. The Labute approximate surface area is 113 Å². The highest BCUT2D eigenvalue weighted by Crippen LogP contribution is 2.31. The maximum atomic E-state index is 11.8. The average Bonchev–Trinajstić information content (AvgIpc) is 2.68. The van der Waals surface area contributed by atoms with E-state index in [9.17, 15) is 4.79 Å². The van der Waals surface area contributed by atoms with E-state index >= 15 is 0 Å². The quantitative estimate of drug-likeness (QED) is 0.931. The third kappa shape index (κ3) is 3.01. The van der Waals surface area contributed by atoms with Crippen molar-refractivity contribution in [2.24, 2.45) is 0 Å². The maximum absolute atomic E-state index is 11.8. The molecule has 0 radical (unpaired) electrons. The van der Waals surface area contributed by atoms with E-state index in [-0.39, 0.29) is 5.91 Å². The van der Waals surface area contributed by atoms with Gasteiger partial charge in [0.2, 0.25) is 0 Å². The van der Waals surface area contributed by atoms with Gasteiger partial charge in [-0.15, -0.1) is 0 Å². The minimum atomic E-state index is -0.477. The number of fused-ring (bicyclic) bond motifs is 1. The van der Waals surface area contributed by atoms with Crippen molar-refractivity contribution in [2.45, 2.75) is 12.5 Å². The molecule has 0 fully saturated rings. The number of hydrogen-bond acceptors (Lipinski definition) is 2. The summed E-state index contributed by atoms with van der Waals surface area (Å²) in [6.45, 7) is 4.05. The van der Waals surface area contributed by atoms with Crippen molar-refractivity contribution >= 4 is 33.4 Å². The lowest BCUT2D eigenvalue weighted by Crippen LogP contribution is -2.37. The van der Waals surface area contributed by atoms with Crippen LogP contribution in [0, 0.1) is 0 Å². The number of nitrogens with one attached hydrogen (secondary N) is 1. The Bertz CT molecular complexity index is 476. The second kappa shape index (κ2) is 5.10. The molecule has 3 nitrogen and oxygen atoms in total. The molecule has 90 valence electrons. The minimum absolute atomic E-state index is 0.141. The molecule has 1 aromatic carbocycles. The predicted octanol–water partition coefficient (Wildman–Crippen LogP) is 2.67. The fraction of sp³-hybridized carbons (Fsp3) is 0.250. The van der Waals surface area contributed by atoms with Crippen molar-refractivity contribution < 1.29 is 9.53 Å². The number of rotatable bonds is 3. The lowest BCUT2D eigenvalue weighted by atomic mass is 10.1. The summed E-state index contributed by atoms with van der Waals surface area (Å²) in [6, 6.07) is 5.36. The SMILES string of the molecule is C=C(Br)CNC(=O)C1Cc2cc(Cl)ccc2O1. The van der Waals surface area contributed by atoms with Gasteiger partial charge in [-0.3, -0.25) is 4.79 Å². The van der Waals surface area contributed by atoms with E-state index < -0.39 is 6.10 Å². The molecule has 17 heavy (non-hydrogen) atoms. The third-order valence-corrected chi connectivity index (χ3v) is 2.96. The largest absolute Gasteiger partial charge is 0.480 e. The minimum Gasteiger partial charge on any atom is -0.480 e. The smallest absolute Gasteiger partial charge is 0.261 e. The molecule has 2 rings (SSSR count). The van der Waals surface area contributed by atoms with Crippen LogP contribution in [0.2, 0.25) is 5.02 Å². The van der Waals surface area contributed by atoms with E-state index in [0.29, 0.717) is 18.0 Å². The number of halogens is 2. The summed E-state index contributed by atoms with van der Waals surface area (Å²) in [4.78, 5) is 11.8. The Hall–Kier alpha value is -1.00. The van der Waals surface area contributed by atoms with Crippen molar-refractivity contribution in [3.05, 3.63) is 39.8 Å². The molecule has 0 saturated carbocycles. The molecule has 1 aromatic rings. The Morgan fingerprint density at radius 1 is 1.65 bits per heavy atom. The van der Waals surface area contributed by atoms with Gasteiger partial charge in [0.05, 0.1) is 0 Å². The van der Waals surface area contributed by atoms with Gasteiger partial charge in [0.15, 0.2) is 6.10 Å². The van der Waals surface area contributed by atoms with E-state index in [1.165, 1.54) is 0 Å². The maximum Gasteiger partial charge on any atom is 0.261 e. The van der Waals surface area contributed by atoms with Gasteiger partial charge in [-0.2, -0.15) is 0 Å². The van der Waals surface area contributed by atoms with Gasteiger partial charge in [-0.05, 0) is 23.8 Å². The van der Waals surface area contributed by atoms with Gasteiger partial charge in [-0.1, -0.05) is 34.1 Å². The summed E-state index contributed by atoms with van der Waals surface area (Å²) in [7, 11) is 0. The standard InChI is InChI=1S/C12H11BrClNO2/c1-7(13)6-15-12(16)11-5-8-4-9(14)2-3-10(8)17-11/h2-4,11H,1,5-6H2,(H,15,16). The molecule has 0 aliphatic carbocycles. The molecule has 1 unspecified atom stereocenters. The van der Waals surface area contributed by atoms with Crippen molar-refractivity contribution in [3.8, 4) is 5.75 Å². The third-order valence-electron chi connectivity index (χ3n) is 2.44. The first kappa shape index (κ1) is 12.5. The number of benzene rings is 1. The van der Waals surface area contributed by atoms with E-state index in [1.807, 2.05) is 6.07 Å². The van der Waals surface area contributed by atoms with Crippen LogP contribution in [0.15, 0.2) is 29.3 Å². The van der Waals surface area contributed by atoms with Gasteiger partial charge < -0.3 is 10.1 Å². The van der Waals surface area contributed by atoms with Gasteiger partial charge in [0.1, 0.15) is 5.75 Å². The van der Waals surface area contributed by atoms with Crippen LogP contribution in [0.1, 0.15) is 5.56 Å². The molecule has 1 amide bonds. The topological polar surface area (TPSA) is 38.3 Å². The van der Waals surface area contributed by atoms with Crippen molar-refractivity contribution in [1.82, 2.24) is 5.32 Å². The van der Waals surface area contributed by atoms with Crippen molar-refractivity contribution in [2.75, 3.05) is 6.54 Å².